The van der Waals surface area contributed by atoms with Crippen LogP contribution in [0.25, 0.3) is 33.3 Å². The zero-order valence-corrected chi connectivity index (χ0v) is 17.4. The van der Waals surface area contributed by atoms with Crippen molar-refractivity contribution < 1.29 is 9.26 Å². The number of aryl methyl sites for hydroxylation is 2. The van der Waals surface area contributed by atoms with E-state index in [2.05, 4.69) is 64.3 Å². The fourth-order valence-electron chi connectivity index (χ4n) is 4.64. The molecule has 3 heterocycles. The minimum Gasteiger partial charge on any atom is -0.488 e. The van der Waals surface area contributed by atoms with Crippen LogP contribution in [0.3, 0.4) is 0 Å². The molecular weight excluding hydrogens is 386 g/mol. The summed E-state index contributed by atoms with van der Waals surface area (Å²) in [7, 11) is 0. The van der Waals surface area contributed by atoms with Gasteiger partial charge in [0.2, 0.25) is 0 Å². The van der Waals surface area contributed by atoms with E-state index >= 15 is 0 Å². The van der Waals surface area contributed by atoms with Crippen LogP contribution in [0.2, 0.25) is 0 Å². The standard InChI is InChI=1S/C26H21N3O2/c1-16-23(17(2)31-28-16)21-13-20(18-9-5-3-6-10-18)24-25-26(21)30-14-22(29(25)15-27-24)19-11-7-4-8-12-19/h3-13,15,22H,14H2,1-2H3. The molecule has 5 nitrogen and oxygen atoms in total. The van der Waals surface area contributed by atoms with Crippen LogP contribution in [0.5, 0.6) is 5.75 Å². The third-order valence-electron chi connectivity index (χ3n) is 6.09. The number of hydrogen-bond acceptors (Lipinski definition) is 4. The molecule has 0 saturated carbocycles. The van der Waals surface area contributed by atoms with Crippen LogP contribution in [0.1, 0.15) is 23.1 Å². The highest BCUT2D eigenvalue weighted by Crippen LogP contribution is 2.47. The predicted molar refractivity (Wildman–Crippen MR) is 120 cm³/mol. The smallest absolute Gasteiger partial charge is 0.153 e. The molecule has 152 valence electrons. The molecule has 0 fully saturated rings. The summed E-state index contributed by atoms with van der Waals surface area (Å²) < 4.78 is 14.2. The number of nitrogens with zero attached hydrogens (tertiary/aromatic N) is 3. The maximum absolute atomic E-state index is 6.45. The summed E-state index contributed by atoms with van der Waals surface area (Å²) in [6.07, 6.45) is 1.94. The topological polar surface area (TPSA) is 53.1 Å². The Morgan fingerprint density at radius 3 is 2.39 bits per heavy atom. The van der Waals surface area contributed by atoms with E-state index < -0.39 is 0 Å². The molecule has 0 amide bonds. The van der Waals surface area contributed by atoms with Crippen molar-refractivity contribution in [2.24, 2.45) is 0 Å². The summed E-state index contributed by atoms with van der Waals surface area (Å²) in [6.45, 7) is 4.46. The van der Waals surface area contributed by atoms with E-state index in [0.717, 1.165) is 50.5 Å². The molecule has 0 saturated heterocycles. The SMILES string of the molecule is Cc1noc(C)c1-c1cc(-c2ccccc2)c2ncn3c2c1OCC3c1ccccc1. The molecule has 0 aliphatic carbocycles. The first-order valence-corrected chi connectivity index (χ1v) is 10.4. The summed E-state index contributed by atoms with van der Waals surface area (Å²) in [4.78, 5) is 4.85. The van der Waals surface area contributed by atoms with Gasteiger partial charge in [-0.2, -0.15) is 0 Å². The Kier molecular flexibility index (Phi) is 3.96. The van der Waals surface area contributed by atoms with Crippen molar-refractivity contribution >= 4 is 11.0 Å². The maximum Gasteiger partial charge on any atom is 0.153 e. The largest absolute Gasteiger partial charge is 0.488 e. The van der Waals surface area contributed by atoms with Gasteiger partial charge in [0, 0.05) is 11.1 Å². The molecule has 1 aliphatic heterocycles. The molecule has 0 bridgehead atoms. The lowest BCUT2D eigenvalue weighted by atomic mass is 9.94. The van der Waals surface area contributed by atoms with Gasteiger partial charge in [-0.05, 0) is 31.0 Å². The third kappa shape index (κ3) is 2.70. The highest BCUT2D eigenvalue weighted by atomic mass is 16.5. The van der Waals surface area contributed by atoms with Gasteiger partial charge in [-0.25, -0.2) is 4.98 Å². The Morgan fingerprint density at radius 2 is 1.68 bits per heavy atom. The Balaban J connectivity index is 1.68. The van der Waals surface area contributed by atoms with E-state index in [1.54, 1.807) is 0 Å². The van der Waals surface area contributed by atoms with E-state index in [9.17, 15) is 0 Å². The van der Waals surface area contributed by atoms with Crippen LogP contribution >= 0.6 is 0 Å². The average Bonchev–Trinajstić information content (AvgIpc) is 3.40. The van der Waals surface area contributed by atoms with Crippen molar-refractivity contribution in [1.29, 1.82) is 0 Å². The normalized spacial score (nSPS) is 15.2. The van der Waals surface area contributed by atoms with Gasteiger partial charge in [0.1, 0.15) is 23.4 Å². The van der Waals surface area contributed by atoms with E-state index in [-0.39, 0.29) is 6.04 Å². The molecule has 2 aromatic heterocycles. The zero-order valence-electron chi connectivity index (χ0n) is 17.4. The van der Waals surface area contributed by atoms with Crippen LogP contribution in [-0.2, 0) is 0 Å². The zero-order chi connectivity index (χ0) is 20.9. The third-order valence-corrected chi connectivity index (χ3v) is 6.09. The van der Waals surface area contributed by atoms with Gasteiger partial charge in [-0.1, -0.05) is 65.8 Å². The van der Waals surface area contributed by atoms with Crippen LogP contribution in [-0.4, -0.2) is 21.3 Å². The first-order valence-electron chi connectivity index (χ1n) is 10.4. The van der Waals surface area contributed by atoms with Crippen LogP contribution < -0.4 is 4.74 Å². The minimum atomic E-state index is 0.0715. The number of ether oxygens (including phenoxy) is 1. The van der Waals surface area contributed by atoms with E-state index in [4.69, 9.17) is 14.2 Å². The van der Waals surface area contributed by atoms with Gasteiger partial charge in [-0.15, -0.1) is 0 Å². The summed E-state index contributed by atoms with van der Waals surface area (Å²) in [6, 6.07) is 23.0. The molecule has 0 spiro atoms. The lowest BCUT2D eigenvalue weighted by molar-refractivity contribution is 0.260. The average molecular weight is 407 g/mol. The highest BCUT2D eigenvalue weighted by molar-refractivity contribution is 6.02. The van der Waals surface area contributed by atoms with Crippen molar-refractivity contribution in [3.05, 3.63) is 90.1 Å². The van der Waals surface area contributed by atoms with Crippen molar-refractivity contribution in [3.8, 4) is 28.0 Å². The lowest BCUT2D eigenvalue weighted by Crippen LogP contribution is -2.22. The first-order chi connectivity index (χ1) is 15.2. The summed E-state index contributed by atoms with van der Waals surface area (Å²) in [5, 5.41) is 4.19. The first kappa shape index (κ1) is 18.0. The number of benzene rings is 3. The van der Waals surface area contributed by atoms with Crippen molar-refractivity contribution in [1.82, 2.24) is 14.7 Å². The Hall–Kier alpha value is -3.86. The molecular formula is C26H21N3O2. The number of imidazole rings is 1. The van der Waals surface area contributed by atoms with Crippen LogP contribution in [0, 0.1) is 13.8 Å². The Bertz CT molecular complexity index is 1380. The van der Waals surface area contributed by atoms with E-state index in [0.29, 0.717) is 6.61 Å². The van der Waals surface area contributed by atoms with Gasteiger partial charge < -0.3 is 13.8 Å². The highest BCUT2D eigenvalue weighted by Gasteiger charge is 2.30. The Morgan fingerprint density at radius 1 is 0.935 bits per heavy atom. The Labute approximate surface area is 179 Å². The van der Waals surface area contributed by atoms with Gasteiger partial charge in [-0.3, -0.25) is 0 Å². The van der Waals surface area contributed by atoms with Crippen LogP contribution in [0.4, 0.5) is 0 Å². The fraction of sp³-hybridized carbons (Fsp3) is 0.154. The maximum atomic E-state index is 6.45. The molecule has 31 heavy (non-hydrogen) atoms. The number of rotatable bonds is 3. The molecule has 1 atom stereocenters. The van der Waals surface area contributed by atoms with Crippen molar-refractivity contribution in [2.75, 3.05) is 6.61 Å². The minimum absolute atomic E-state index is 0.0715. The quantitative estimate of drug-likeness (QED) is 0.370. The lowest BCUT2D eigenvalue weighted by Gasteiger charge is -2.28. The molecule has 1 unspecified atom stereocenters. The monoisotopic (exact) mass is 407 g/mol. The second kappa shape index (κ2) is 6.84. The summed E-state index contributed by atoms with van der Waals surface area (Å²) in [5.41, 5.74) is 8.19. The molecule has 5 heteroatoms. The van der Waals surface area contributed by atoms with Gasteiger partial charge in [0.15, 0.2) is 5.75 Å². The molecule has 6 rings (SSSR count). The summed E-state index contributed by atoms with van der Waals surface area (Å²) in [5.74, 6) is 1.63. The molecule has 3 aromatic carbocycles. The second-order valence-corrected chi connectivity index (χ2v) is 7.95. The van der Waals surface area contributed by atoms with E-state index in [1.165, 1.54) is 5.56 Å². The molecule has 5 aromatic rings. The number of hydrogen-bond donors (Lipinski definition) is 0. The second-order valence-electron chi connectivity index (χ2n) is 7.95. The summed E-state index contributed by atoms with van der Waals surface area (Å²) >= 11 is 0. The van der Waals surface area contributed by atoms with E-state index in [1.807, 2.05) is 32.3 Å². The van der Waals surface area contributed by atoms with Gasteiger partial charge in [0.05, 0.1) is 23.6 Å². The molecule has 0 radical (unpaired) electrons. The van der Waals surface area contributed by atoms with Gasteiger partial charge in [0.25, 0.3) is 0 Å². The number of aromatic nitrogens is 3. The van der Waals surface area contributed by atoms with Crippen molar-refractivity contribution in [2.45, 2.75) is 19.9 Å². The van der Waals surface area contributed by atoms with Crippen molar-refractivity contribution in [3.63, 3.8) is 0 Å². The predicted octanol–water partition coefficient (Wildman–Crippen LogP) is 5.96. The molecule has 1 aliphatic rings. The molecule has 0 N–H and O–H groups in total. The van der Waals surface area contributed by atoms with Crippen LogP contribution in [0.15, 0.2) is 77.6 Å². The fourth-order valence-corrected chi connectivity index (χ4v) is 4.64. The van der Waals surface area contributed by atoms with Gasteiger partial charge >= 0.3 is 0 Å².